The minimum absolute atomic E-state index is 0.102. The molecule has 0 amide bonds. The van der Waals surface area contributed by atoms with Gasteiger partial charge < -0.3 is 0 Å². The van der Waals surface area contributed by atoms with Crippen LogP contribution in [-0.2, 0) is 12.0 Å². The number of hydrogen-bond acceptors (Lipinski definition) is 3. The van der Waals surface area contributed by atoms with Gasteiger partial charge in [-0.25, -0.2) is 9.48 Å². The van der Waals surface area contributed by atoms with Gasteiger partial charge in [-0.15, -0.1) is 0 Å². The highest BCUT2D eigenvalue weighted by molar-refractivity contribution is 5.28. The molecule has 0 saturated heterocycles. The van der Waals surface area contributed by atoms with E-state index in [9.17, 15) is 4.79 Å². The van der Waals surface area contributed by atoms with E-state index in [1.807, 2.05) is 4.57 Å². The molecule has 4 saturated carbocycles. The molecule has 4 aliphatic carbocycles. The first-order valence-corrected chi connectivity index (χ1v) is 8.29. The fourth-order valence-corrected chi connectivity index (χ4v) is 5.50. The Morgan fingerprint density at radius 3 is 2.57 bits per heavy atom. The Morgan fingerprint density at radius 1 is 1.19 bits per heavy atom. The third-order valence-electron chi connectivity index (χ3n) is 6.51. The number of hydrogen-bond donors (Lipinski definition) is 0. The molecule has 4 fully saturated rings. The lowest BCUT2D eigenvalue weighted by molar-refractivity contribution is -0.155. The molecule has 0 unspecified atom stereocenters. The highest BCUT2D eigenvalue weighted by atomic mass is 16.2. The summed E-state index contributed by atoms with van der Waals surface area (Å²) in [4.78, 5) is 12.9. The molecule has 0 aromatic carbocycles. The second kappa shape index (κ2) is 3.60. The maximum Gasteiger partial charge on any atom is 0.346 e. The maximum atomic E-state index is 12.9. The van der Waals surface area contributed by atoms with Crippen molar-refractivity contribution in [3.8, 4) is 6.07 Å². The Bertz CT molecular complexity index is 696. The summed E-state index contributed by atoms with van der Waals surface area (Å²) in [6.45, 7) is 0. The highest BCUT2D eigenvalue weighted by Crippen LogP contribution is 2.70. The second-order valence-electron chi connectivity index (χ2n) is 7.78. The van der Waals surface area contributed by atoms with Crippen LogP contribution in [0.4, 0.5) is 0 Å². The van der Waals surface area contributed by atoms with Crippen molar-refractivity contribution < 1.29 is 0 Å². The zero-order valence-corrected chi connectivity index (χ0v) is 12.2. The molecule has 1 aromatic rings. The molecule has 2 bridgehead atoms. The topological polar surface area (TPSA) is 63.6 Å². The van der Waals surface area contributed by atoms with Crippen LogP contribution in [0.25, 0.3) is 0 Å². The fourth-order valence-electron chi connectivity index (χ4n) is 5.50. The lowest BCUT2D eigenvalue weighted by Crippen LogP contribution is -2.69. The summed E-state index contributed by atoms with van der Waals surface area (Å²) >= 11 is 0. The molecule has 2 heterocycles. The van der Waals surface area contributed by atoms with Crippen molar-refractivity contribution in [1.29, 1.82) is 5.26 Å². The first-order valence-electron chi connectivity index (χ1n) is 8.29. The first-order chi connectivity index (χ1) is 10.2. The van der Waals surface area contributed by atoms with E-state index in [1.54, 1.807) is 4.68 Å². The smallest absolute Gasteiger partial charge is 0.275 e. The molecular formula is C16H20N4O. The van der Waals surface area contributed by atoms with Gasteiger partial charge in [-0.2, -0.15) is 10.4 Å². The summed E-state index contributed by atoms with van der Waals surface area (Å²) in [5, 5.41) is 13.8. The van der Waals surface area contributed by atoms with Crippen molar-refractivity contribution in [3.63, 3.8) is 0 Å². The minimum atomic E-state index is -0.127. The van der Waals surface area contributed by atoms with Crippen molar-refractivity contribution in [3.05, 3.63) is 16.3 Å². The average molecular weight is 284 g/mol. The third-order valence-corrected chi connectivity index (χ3v) is 6.51. The van der Waals surface area contributed by atoms with Crippen molar-refractivity contribution in [2.24, 2.45) is 11.3 Å². The van der Waals surface area contributed by atoms with E-state index < -0.39 is 0 Å². The molecule has 5 nitrogen and oxygen atoms in total. The highest BCUT2D eigenvalue weighted by Gasteiger charge is 2.71. The number of nitriles is 1. The van der Waals surface area contributed by atoms with Gasteiger partial charge in [0.05, 0.1) is 17.0 Å². The number of aryl methyl sites for hydroxylation is 1. The van der Waals surface area contributed by atoms with Crippen molar-refractivity contribution >= 4 is 0 Å². The third kappa shape index (κ3) is 1.32. The van der Waals surface area contributed by atoms with Gasteiger partial charge in [-0.3, -0.25) is 4.57 Å². The van der Waals surface area contributed by atoms with Crippen LogP contribution < -0.4 is 5.69 Å². The number of rotatable bonds is 2. The van der Waals surface area contributed by atoms with Crippen LogP contribution >= 0.6 is 0 Å². The molecule has 110 valence electrons. The Labute approximate surface area is 123 Å². The molecule has 5 aliphatic rings. The maximum absolute atomic E-state index is 12.9. The van der Waals surface area contributed by atoms with E-state index in [4.69, 9.17) is 5.26 Å². The van der Waals surface area contributed by atoms with Crippen LogP contribution in [-0.4, -0.2) is 14.3 Å². The van der Waals surface area contributed by atoms with Gasteiger partial charge in [0, 0.05) is 12.5 Å². The van der Waals surface area contributed by atoms with E-state index in [-0.39, 0.29) is 16.6 Å². The van der Waals surface area contributed by atoms with Gasteiger partial charge in [-0.05, 0) is 44.4 Å². The summed E-state index contributed by atoms with van der Waals surface area (Å²) in [6, 6.07) is 2.80. The van der Waals surface area contributed by atoms with Gasteiger partial charge in [0.1, 0.15) is 5.82 Å². The standard InChI is InChI=1S/C16H20N4O/c17-10-15-7-16(8-15,9-15)20-14(21)19-12(5-6-13(19)18-20)11-3-1-2-4-11/h11-12H,1-9H2/t12-,15?,16?/m0/s1. The molecule has 1 aliphatic heterocycles. The quantitative estimate of drug-likeness (QED) is 0.835. The van der Waals surface area contributed by atoms with Crippen molar-refractivity contribution in [2.45, 2.75) is 69.4 Å². The summed E-state index contributed by atoms with van der Waals surface area (Å²) < 4.78 is 3.76. The van der Waals surface area contributed by atoms with E-state index in [0.717, 1.165) is 37.9 Å². The zero-order chi connectivity index (χ0) is 14.2. The van der Waals surface area contributed by atoms with Crippen LogP contribution in [0.1, 0.15) is 63.2 Å². The van der Waals surface area contributed by atoms with E-state index >= 15 is 0 Å². The van der Waals surface area contributed by atoms with E-state index in [0.29, 0.717) is 12.0 Å². The van der Waals surface area contributed by atoms with Crippen LogP contribution in [0.2, 0.25) is 0 Å². The van der Waals surface area contributed by atoms with Gasteiger partial charge in [0.2, 0.25) is 0 Å². The molecule has 21 heavy (non-hydrogen) atoms. The molecule has 1 atom stereocenters. The largest absolute Gasteiger partial charge is 0.346 e. The monoisotopic (exact) mass is 284 g/mol. The van der Waals surface area contributed by atoms with Crippen LogP contribution in [0.3, 0.4) is 0 Å². The lowest BCUT2D eigenvalue weighted by Gasteiger charge is -2.65. The summed E-state index contributed by atoms with van der Waals surface area (Å²) in [5.41, 5.74) is -0.131. The zero-order valence-electron chi connectivity index (χ0n) is 12.2. The normalized spacial score (nSPS) is 40.4. The minimum Gasteiger partial charge on any atom is -0.275 e. The van der Waals surface area contributed by atoms with Crippen LogP contribution in [0.15, 0.2) is 4.79 Å². The summed E-state index contributed by atoms with van der Waals surface area (Å²) in [6.07, 6.45) is 9.71. The lowest BCUT2D eigenvalue weighted by atomic mass is 9.40. The SMILES string of the molecule is N#CC12CC(n3nc4n(c3=O)[C@H](C3CCCC3)CC4)(C1)C2. The average Bonchev–Trinajstić information content (AvgIpc) is 3.06. The van der Waals surface area contributed by atoms with Crippen LogP contribution in [0.5, 0.6) is 0 Å². The molecule has 0 N–H and O–H groups in total. The molecule has 0 spiro atoms. The van der Waals surface area contributed by atoms with Gasteiger partial charge in [0.25, 0.3) is 0 Å². The van der Waals surface area contributed by atoms with E-state index in [1.165, 1.54) is 25.7 Å². The predicted octanol–water partition coefficient (Wildman–Crippen LogP) is 2.13. The second-order valence-corrected chi connectivity index (χ2v) is 7.78. The summed E-state index contributed by atoms with van der Waals surface area (Å²) in [5.74, 6) is 1.67. The summed E-state index contributed by atoms with van der Waals surface area (Å²) in [7, 11) is 0. The molecule has 6 rings (SSSR count). The van der Waals surface area contributed by atoms with Crippen LogP contribution in [0, 0.1) is 22.7 Å². The molecule has 1 aromatic heterocycles. The first kappa shape index (κ1) is 12.0. The molecule has 0 radical (unpaired) electrons. The molecular weight excluding hydrogens is 264 g/mol. The van der Waals surface area contributed by atoms with Crippen molar-refractivity contribution in [2.75, 3.05) is 0 Å². The number of fused-ring (bicyclic) bond motifs is 1. The van der Waals surface area contributed by atoms with Gasteiger partial charge in [-0.1, -0.05) is 12.8 Å². The van der Waals surface area contributed by atoms with E-state index in [2.05, 4.69) is 11.2 Å². The van der Waals surface area contributed by atoms with Gasteiger partial charge >= 0.3 is 5.69 Å². The molecule has 5 heteroatoms. The Kier molecular flexibility index (Phi) is 2.06. The van der Waals surface area contributed by atoms with Gasteiger partial charge in [0.15, 0.2) is 0 Å². The number of aromatic nitrogens is 3. The Balaban J connectivity index is 1.51. The predicted molar refractivity (Wildman–Crippen MR) is 75.7 cm³/mol. The number of nitrogens with zero attached hydrogens (tertiary/aromatic N) is 4. The van der Waals surface area contributed by atoms with Crippen molar-refractivity contribution in [1.82, 2.24) is 14.3 Å². The fraction of sp³-hybridized carbons (Fsp3) is 0.812. The Morgan fingerprint density at radius 2 is 1.90 bits per heavy atom. The Hall–Kier alpha value is -1.57.